The van der Waals surface area contributed by atoms with E-state index in [1.54, 1.807) is 24.3 Å². The molecule has 32 heavy (non-hydrogen) atoms. The Labute approximate surface area is 184 Å². The highest BCUT2D eigenvalue weighted by Gasteiger charge is 2.46. The molecule has 0 spiro atoms. The van der Waals surface area contributed by atoms with Gasteiger partial charge in [0.05, 0.1) is 0 Å². The maximum Gasteiger partial charge on any atom is 0.407 e. The predicted octanol–water partition coefficient (Wildman–Crippen LogP) is 0.728. The van der Waals surface area contributed by atoms with Crippen molar-refractivity contribution < 1.29 is 38.9 Å². The first-order chi connectivity index (χ1) is 15.1. The second kappa shape index (κ2) is 11.1. The highest BCUT2D eigenvalue weighted by molar-refractivity contribution is 5.95. The van der Waals surface area contributed by atoms with Gasteiger partial charge in [0.2, 0.25) is 11.8 Å². The topological polar surface area (TPSA) is 162 Å². The van der Waals surface area contributed by atoms with Gasteiger partial charge in [-0.1, -0.05) is 30.3 Å². The Bertz CT molecular complexity index is 860. The van der Waals surface area contributed by atoms with Crippen LogP contribution in [0.25, 0.3) is 0 Å². The Hall–Kier alpha value is -3.63. The van der Waals surface area contributed by atoms with E-state index >= 15 is 0 Å². The number of hydrogen-bond donors (Lipinski definition) is 4. The second-order valence-corrected chi connectivity index (χ2v) is 7.63. The number of carboxylic acid groups (broad SMARTS) is 2. The lowest BCUT2D eigenvalue weighted by Crippen LogP contribution is -2.59. The average Bonchev–Trinajstić information content (AvgIpc) is 3.16. The molecule has 0 aromatic heterocycles. The van der Waals surface area contributed by atoms with Crippen LogP contribution in [0.1, 0.15) is 38.2 Å². The van der Waals surface area contributed by atoms with E-state index in [4.69, 9.17) is 9.84 Å². The lowest BCUT2D eigenvalue weighted by molar-refractivity contribution is -0.147. The zero-order valence-corrected chi connectivity index (χ0v) is 17.7. The normalized spacial score (nSPS) is 18.5. The molecule has 0 bridgehead atoms. The Kier molecular flexibility index (Phi) is 8.56. The molecule has 3 amide bonds. The molecule has 11 nitrogen and oxygen atoms in total. The summed E-state index contributed by atoms with van der Waals surface area (Å²) in [5.41, 5.74) is -0.530. The van der Waals surface area contributed by atoms with E-state index in [0.29, 0.717) is 12.8 Å². The van der Waals surface area contributed by atoms with Crippen molar-refractivity contribution >= 4 is 29.8 Å². The van der Waals surface area contributed by atoms with Crippen LogP contribution in [0.3, 0.4) is 0 Å². The first-order valence-corrected chi connectivity index (χ1v) is 10.1. The van der Waals surface area contributed by atoms with E-state index in [9.17, 15) is 29.1 Å². The van der Waals surface area contributed by atoms with Gasteiger partial charge < -0.3 is 30.5 Å². The molecule has 0 aliphatic carbocycles. The number of aliphatic carboxylic acids is 2. The van der Waals surface area contributed by atoms with E-state index in [0.717, 1.165) is 5.56 Å². The standard InChI is InChI=1S/C21H27N3O8/c1-21(19(30)23-15(18(28)29)8-9-17(26)27)10-5-11-24(21)16(25)12-22-20(31)32-13-14-6-3-2-4-7-14/h2-4,6-7,15H,5,8-13H2,1H3,(H,22,31)(H,23,30)(H,26,27)(H,28,29). The molecule has 2 unspecified atom stereocenters. The second-order valence-electron chi connectivity index (χ2n) is 7.63. The van der Waals surface area contributed by atoms with Gasteiger partial charge >= 0.3 is 18.0 Å². The third kappa shape index (κ3) is 6.69. The van der Waals surface area contributed by atoms with E-state index < -0.39 is 54.4 Å². The van der Waals surface area contributed by atoms with Gasteiger partial charge in [0, 0.05) is 13.0 Å². The Morgan fingerprint density at radius 3 is 2.47 bits per heavy atom. The minimum absolute atomic E-state index is 0.0393. The third-order valence-corrected chi connectivity index (χ3v) is 5.28. The van der Waals surface area contributed by atoms with Gasteiger partial charge in [0.15, 0.2) is 0 Å². The molecular weight excluding hydrogens is 422 g/mol. The van der Waals surface area contributed by atoms with Gasteiger partial charge in [0.1, 0.15) is 24.7 Å². The van der Waals surface area contributed by atoms with Crippen molar-refractivity contribution in [2.45, 2.75) is 50.8 Å². The fourth-order valence-electron chi connectivity index (χ4n) is 3.46. The number of alkyl carbamates (subject to hydrolysis) is 1. The summed E-state index contributed by atoms with van der Waals surface area (Å²) in [5, 5.41) is 22.7. The summed E-state index contributed by atoms with van der Waals surface area (Å²) in [7, 11) is 0. The monoisotopic (exact) mass is 449 g/mol. The van der Waals surface area contributed by atoms with Crippen LogP contribution in [0.5, 0.6) is 0 Å². The van der Waals surface area contributed by atoms with Gasteiger partial charge in [-0.3, -0.25) is 14.4 Å². The minimum Gasteiger partial charge on any atom is -0.481 e. The molecule has 11 heteroatoms. The van der Waals surface area contributed by atoms with E-state index in [-0.39, 0.29) is 19.6 Å². The summed E-state index contributed by atoms with van der Waals surface area (Å²) >= 11 is 0. The highest BCUT2D eigenvalue weighted by atomic mass is 16.5. The first kappa shape index (κ1) is 24.6. The highest BCUT2D eigenvalue weighted by Crippen LogP contribution is 2.29. The van der Waals surface area contributed by atoms with Gasteiger partial charge in [-0.15, -0.1) is 0 Å². The van der Waals surface area contributed by atoms with Gasteiger partial charge in [-0.05, 0) is 31.7 Å². The van der Waals surface area contributed by atoms with Crippen LogP contribution in [0.2, 0.25) is 0 Å². The van der Waals surface area contributed by atoms with Crippen LogP contribution in [0.15, 0.2) is 30.3 Å². The summed E-state index contributed by atoms with van der Waals surface area (Å²) in [6.45, 7) is 1.42. The molecule has 0 radical (unpaired) electrons. The third-order valence-electron chi connectivity index (χ3n) is 5.28. The van der Waals surface area contributed by atoms with Crippen molar-refractivity contribution in [2.75, 3.05) is 13.1 Å². The number of nitrogens with zero attached hydrogens (tertiary/aromatic N) is 1. The maximum absolute atomic E-state index is 12.8. The summed E-state index contributed by atoms with van der Waals surface area (Å²) in [6, 6.07) is 7.61. The fourth-order valence-corrected chi connectivity index (χ4v) is 3.46. The first-order valence-electron chi connectivity index (χ1n) is 10.1. The number of rotatable bonds is 10. The number of carbonyl (C=O) groups is 5. The lowest BCUT2D eigenvalue weighted by Gasteiger charge is -2.34. The summed E-state index contributed by atoms with van der Waals surface area (Å²) in [6.07, 6.45) is -0.678. The molecule has 1 fully saturated rings. The molecule has 1 heterocycles. The number of hydrogen-bond acceptors (Lipinski definition) is 6. The van der Waals surface area contributed by atoms with Crippen LogP contribution >= 0.6 is 0 Å². The molecule has 1 aromatic carbocycles. The lowest BCUT2D eigenvalue weighted by atomic mass is 9.96. The molecule has 1 saturated heterocycles. The molecule has 1 aromatic rings. The summed E-state index contributed by atoms with van der Waals surface area (Å²) < 4.78 is 5.05. The minimum atomic E-state index is -1.39. The molecular formula is C21H27N3O8. The molecule has 0 saturated carbocycles. The number of benzene rings is 1. The molecule has 4 N–H and O–H groups in total. The van der Waals surface area contributed by atoms with E-state index in [1.165, 1.54) is 11.8 Å². The Morgan fingerprint density at radius 2 is 1.84 bits per heavy atom. The molecule has 174 valence electrons. The number of carbonyl (C=O) groups excluding carboxylic acids is 3. The van der Waals surface area contributed by atoms with Crippen molar-refractivity contribution in [2.24, 2.45) is 0 Å². The van der Waals surface area contributed by atoms with Crippen molar-refractivity contribution in [1.29, 1.82) is 0 Å². The van der Waals surface area contributed by atoms with Gasteiger partial charge in [0.25, 0.3) is 0 Å². The maximum atomic E-state index is 12.8. The van der Waals surface area contributed by atoms with E-state index in [2.05, 4.69) is 10.6 Å². The number of likely N-dealkylation sites (tertiary alicyclic amines) is 1. The summed E-state index contributed by atoms with van der Waals surface area (Å²) in [4.78, 5) is 60.7. The number of ether oxygens (including phenoxy) is 1. The van der Waals surface area contributed by atoms with Crippen LogP contribution in [0.4, 0.5) is 4.79 Å². The zero-order chi connectivity index (χ0) is 23.7. The number of amides is 3. The van der Waals surface area contributed by atoms with Gasteiger partial charge in [-0.25, -0.2) is 9.59 Å². The Balaban J connectivity index is 1.91. The largest absolute Gasteiger partial charge is 0.481 e. The molecule has 2 rings (SSSR count). The van der Waals surface area contributed by atoms with Gasteiger partial charge in [-0.2, -0.15) is 0 Å². The predicted molar refractivity (Wildman–Crippen MR) is 110 cm³/mol. The summed E-state index contributed by atoms with van der Waals surface area (Å²) in [5.74, 6) is -3.75. The zero-order valence-electron chi connectivity index (χ0n) is 17.7. The van der Waals surface area contributed by atoms with Crippen molar-refractivity contribution in [3.8, 4) is 0 Å². The van der Waals surface area contributed by atoms with Crippen LogP contribution in [0, 0.1) is 0 Å². The smallest absolute Gasteiger partial charge is 0.407 e. The van der Waals surface area contributed by atoms with Crippen LogP contribution in [-0.4, -0.2) is 69.6 Å². The molecule has 2 atom stereocenters. The van der Waals surface area contributed by atoms with Crippen LogP contribution < -0.4 is 10.6 Å². The number of carboxylic acids is 2. The SMILES string of the molecule is CC1(C(=O)NC(CCC(=O)O)C(=O)O)CCCN1C(=O)CNC(=O)OCc1ccccc1. The molecule has 1 aliphatic heterocycles. The Morgan fingerprint density at radius 1 is 1.16 bits per heavy atom. The average molecular weight is 449 g/mol. The van der Waals surface area contributed by atoms with Crippen molar-refractivity contribution in [1.82, 2.24) is 15.5 Å². The van der Waals surface area contributed by atoms with E-state index in [1.807, 2.05) is 6.07 Å². The van der Waals surface area contributed by atoms with Crippen molar-refractivity contribution in [3.05, 3.63) is 35.9 Å². The number of nitrogens with one attached hydrogen (secondary N) is 2. The molecule has 1 aliphatic rings. The quantitative estimate of drug-likeness (QED) is 0.406. The van der Waals surface area contributed by atoms with Crippen LogP contribution in [-0.2, 0) is 30.5 Å². The van der Waals surface area contributed by atoms with Crippen molar-refractivity contribution in [3.63, 3.8) is 0 Å². The fraction of sp³-hybridized carbons (Fsp3) is 0.476.